The van der Waals surface area contributed by atoms with Crippen molar-refractivity contribution >= 4 is 0 Å². The Morgan fingerprint density at radius 2 is 2.24 bits per heavy atom. The summed E-state index contributed by atoms with van der Waals surface area (Å²) in [5, 5.41) is 3.46. The summed E-state index contributed by atoms with van der Waals surface area (Å²) in [5.74, 6) is 1.76. The van der Waals surface area contributed by atoms with Crippen LogP contribution in [0.5, 0.6) is 0 Å². The maximum Gasteiger partial charge on any atom is 0.123 e. The average molecular weight is 235 g/mol. The molecule has 0 saturated carbocycles. The van der Waals surface area contributed by atoms with Gasteiger partial charge >= 0.3 is 0 Å². The third kappa shape index (κ3) is 3.29. The Labute approximate surface area is 103 Å². The van der Waals surface area contributed by atoms with Crippen LogP contribution in [0.2, 0.25) is 0 Å². The van der Waals surface area contributed by atoms with E-state index in [4.69, 9.17) is 0 Å². The molecule has 1 N–H and O–H groups in total. The average Bonchev–Trinajstić information content (AvgIpc) is 2.29. The molecule has 0 radical (unpaired) electrons. The van der Waals surface area contributed by atoms with Gasteiger partial charge in [-0.05, 0) is 61.4 Å². The molecule has 1 heterocycles. The first-order valence-electron chi connectivity index (χ1n) is 6.63. The Morgan fingerprint density at radius 1 is 1.41 bits per heavy atom. The lowest BCUT2D eigenvalue weighted by Gasteiger charge is -2.33. The van der Waals surface area contributed by atoms with Crippen LogP contribution < -0.4 is 5.32 Å². The summed E-state index contributed by atoms with van der Waals surface area (Å²) in [6, 6.07) is 7.15. The highest BCUT2D eigenvalue weighted by Gasteiger charge is 2.26. The number of rotatable bonds is 3. The Hall–Kier alpha value is -0.890. The van der Waals surface area contributed by atoms with E-state index < -0.39 is 0 Å². The molecule has 1 aromatic rings. The van der Waals surface area contributed by atoms with E-state index in [1.165, 1.54) is 18.1 Å². The Morgan fingerprint density at radius 3 is 2.94 bits per heavy atom. The van der Waals surface area contributed by atoms with Crippen LogP contribution in [-0.4, -0.2) is 13.1 Å². The van der Waals surface area contributed by atoms with Crippen LogP contribution in [0.4, 0.5) is 4.39 Å². The number of benzene rings is 1. The highest BCUT2D eigenvalue weighted by molar-refractivity contribution is 5.22. The number of halogens is 1. The number of hydrogen-bond donors (Lipinski definition) is 1. The van der Waals surface area contributed by atoms with E-state index in [2.05, 4.69) is 25.2 Å². The molecule has 1 saturated heterocycles. The molecule has 0 spiro atoms. The molecule has 0 aliphatic carbocycles. The van der Waals surface area contributed by atoms with Crippen molar-refractivity contribution in [2.45, 2.75) is 32.6 Å². The SMILES string of the molecule is CC(C)CC1CNCCC1c1cccc(F)c1. The first-order chi connectivity index (χ1) is 8.16. The number of piperidine rings is 1. The Bertz CT molecular complexity index is 362. The van der Waals surface area contributed by atoms with Gasteiger partial charge in [0.25, 0.3) is 0 Å². The molecule has 0 aromatic heterocycles. The molecule has 1 aliphatic heterocycles. The summed E-state index contributed by atoms with van der Waals surface area (Å²) < 4.78 is 13.3. The summed E-state index contributed by atoms with van der Waals surface area (Å²) in [4.78, 5) is 0. The van der Waals surface area contributed by atoms with Gasteiger partial charge in [0.15, 0.2) is 0 Å². The topological polar surface area (TPSA) is 12.0 Å². The molecule has 94 valence electrons. The lowest BCUT2D eigenvalue weighted by atomic mass is 9.77. The predicted molar refractivity (Wildman–Crippen MR) is 69.6 cm³/mol. The van der Waals surface area contributed by atoms with Crippen LogP contribution in [0.1, 0.15) is 38.2 Å². The van der Waals surface area contributed by atoms with E-state index in [9.17, 15) is 4.39 Å². The molecular weight excluding hydrogens is 213 g/mol. The highest BCUT2D eigenvalue weighted by atomic mass is 19.1. The smallest absolute Gasteiger partial charge is 0.123 e. The Balaban J connectivity index is 2.15. The van der Waals surface area contributed by atoms with Crippen molar-refractivity contribution in [3.8, 4) is 0 Å². The van der Waals surface area contributed by atoms with Crippen LogP contribution in [-0.2, 0) is 0 Å². The van der Waals surface area contributed by atoms with Gasteiger partial charge in [0, 0.05) is 0 Å². The Kier molecular flexibility index (Phi) is 4.16. The van der Waals surface area contributed by atoms with Crippen molar-refractivity contribution < 1.29 is 4.39 Å². The fraction of sp³-hybridized carbons (Fsp3) is 0.600. The van der Waals surface area contributed by atoms with E-state index in [0.29, 0.717) is 17.8 Å². The second-order valence-electron chi connectivity index (χ2n) is 5.54. The minimum absolute atomic E-state index is 0.107. The fourth-order valence-corrected chi connectivity index (χ4v) is 2.95. The van der Waals surface area contributed by atoms with Crippen molar-refractivity contribution in [3.63, 3.8) is 0 Å². The molecule has 2 heteroatoms. The molecule has 0 amide bonds. The maximum atomic E-state index is 13.3. The van der Waals surface area contributed by atoms with E-state index >= 15 is 0 Å². The third-order valence-corrected chi connectivity index (χ3v) is 3.66. The zero-order valence-electron chi connectivity index (χ0n) is 10.7. The van der Waals surface area contributed by atoms with Crippen LogP contribution in [0.25, 0.3) is 0 Å². The van der Waals surface area contributed by atoms with Crippen molar-refractivity contribution in [2.24, 2.45) is 11.8 Å². The van der Waals surface area contributed by atoms with Gasteiger partial charge in [0.1, 0.15) is 5.82 Å². The monoisotopic (exact) mass is 235 g/mol. The number of nitrogens with one attached hydrogen (secondary N) is 1. The van der Waals surface area contributed by atoms with Gasteiger partial charge in [-0.1, -0.05) is 26.0 Å². The van der Waals surface area contributed by atoms with Crippen LogP contribution in [0, 0.1) is 17.7 Å². The first-order valence-corrected chi connectivity index (χ1v) is 6.63. The summed E-state index contributed by atoms with van der Waals surface area (Å²) >= 11 is 0. The van der Waals surface area contributed by atoms with Gasteiger partial charge in [-0.3, -0.25) is 0 Å². The maximum absolute atomic E-state index is 13.3. The van der Waals surface area contributed by atoms with E-state index in [-0.39, 0.29) is 5.82 Å². The standard InChI is InChI=1S/C15H22FN/c1-11(2)8-13-10-17-7-6-15(13)12-4-3-5-14(16)9-12/h3-5,9,11,13,15,17H,6-8,10H2,1-2H3. The molecule has 1 nitrogen and oxygen atoms in total. The van der Waals surface area contributed by atoms with Crippen molar-refractivity contribution in [2.75, 3.05) is 13.1 Å². The zero-order valence-corrected chi connectivity index (χ0v) is 10.7. The largest absolute Gasteiger partial charge is 0.316 e. The fourth-order valence-electron chi connectivity index (χ4n) is 2.95. The van der Waals surface area contributed by atoms with Gasteiger partial charge in [-0.2, -0.15) is 0 Å². The first kappa shape index (κ1) is 12.6. The van der Waals surface area contributed by atoms with Gasteiger partial charge in [-0.25, -0.2) is 4.39 Å². The summed E-state index contributed by atoms with van der Waals surface area (Å²) in [6.07, 6.45) is 2.34. The van der Waals surface area contributed by atoms with E-state index in [1.54, 1.807) is 6.07 Å². The molecule has 0 bridgehead atoms. The molecule has 1 aromatic carbocycles. The minimum Gasteiger partial charge on any atom is -0.316 e. The highest BCUT2D eigenvalue weighted by Crippen LogP contribution is 2.34. The molecular formula is C15H22FN. The molecule has 2 unspecified atom stereocenters. The second-order valence-corrected chi connectivity index (χ2v) is 5.54. The van der Waals surface area contributed by atoms with Crippen molar-refractivity contribution in [3.05, 3.63) is 35.6 Å². The lowest BCUT2D eigenvalue weighted by Crippen LogP contribution is -2.36. The van der Waals surface area contributed by atoms with Gasteiger partial charge in [0.2, 0.25) is 0 Å². The van der Waals surface area contributed by atoms with Crippen molar-refractivity contribution in [1.29, 1.82) is 0 Å². The third-order valence-electron chi connectivity index (χ3n) is 3.66. The normalized spacial score (nSPS) is 25.2. The minimum atomic E-state index is -0.107. The predicted octanol–water partition coefficient (Wildman–Crippen LogP) is 3.56. The molecule has 1 aliphatic rings. The quantitative estimate of drug-likeness (QED) is 0.844. The lowest BCUT2D eigenvalue weighted by molar-refractivity contribution is 0.280. The molecule has 2 rings (SSSR count). The summed E-state index contributed by atoms with van der Waals surface area (Å²) in [7, 11) is 0. The molecule has 1 fully saturated rings. The van der Waals surface area contributed by atoms with Gasteiger partial charge < -0.3 is 5.32 Å². The molecule has 17 heavy (non-hydrogen) atoms. The zero-order chi connectivity index (χ0) is 12.3. The van der Waals surface area contributed by atoms with Crippen molar-refractivity contribution in [1.82, 2.24) is 5.32 Å². The molecule has 2 atom stereocenters. The number of hydrogen-bond acceptors (Lipinski definition) is 1. The van der Waals surface area contributed by atoms with Crippen LogP contribution >= 0.6 is 0 Å². The van der Waals surface area contributed by atoms with E-state index in [1.807, 2.05) is 6.07 Å². The van der Waals surface area contributed by atoms with Gasteiger partial charge in [0.05, 0.1) is 0 Å². The summed E-state index contributed by atoms with van der Waals surface area (Å²) in [5.41, 5.74) is 1.18. The van der Waals surface area contributed by atoms with Crippen LogP contribution in [0.15, 0.2) is 24.3 Å². The van der Waals surface area contributed by atoms with E-state index in [0.717, 1.165) is 19.5 Å². The van der Waals surface area contributed by atoms with Crippen LogP contribution in [0.3, 0.4) is 0 Å². The summed E-state index contributed by atoms with van der Waals surface area (Å²) in [6.45, 7) is 6.64. The second kappa shape index (κ2) is 5.63. The van der Waals surface area contributed by atoms with Gasteiger partial charge in [-0.15, -0.1) is 0 Å².